The van der Waals surface area contributed by atoms with Crippen LogP contribution in [0.1, 0.15) is 48.8 Å². The highest BCUT2D eigenvalue weighted by Gasteiger charge is 2.39. The Morgan fingerprint density at radius 2 is 2.25 bits per heavy atom. The molecule has 0 saturated carbocycles. The first-order valence-corrected chi connectivity index (χ1v) is 7.94. The molecule has 0 bridgehead atoms. The maximum atomic E-state index is 13.8. The normalized spacial score (nSPS) is 21.3. The number of β-amino-alcohol motifs (C(OH)–C–C–N with tert-alkyl or cyclic N) is 1. The molecule has 0 spiro atoms. The molecule has 0 unspecified atom stereocenters. The van der Waals surface area contributed by atoms with E-state index in [-0.39, 0.29) is 18.2 Å². The lowest BCUT2D eigenvalue weighted by Gasteiger charge is -2.38. The molecule has 0 aliphatic carbocycles. The molecule has 7 nitrogen and oxygen atoms in total. The Labute approximate surface area is 139 Å². The number of piperidine rings is 1. The average molecular weight is 333 g/mol. The quantitative estimate of drug-likeness (QED) is 0.920. The summed E-state index contributed by atoms with van der Waals surface area (Å²) in [6.45, 7) is 4.45. The molecule has 2 aromatic heterocycles. The summed E-state index contributed by atoms with van der Waals surface area (Å²) in [7, 11) is 0. The number of nitrogens with zero attached hydrogens (tertiary/aromatic N) is 5. The fraction of sp³-hybridized carbons (Fsp3) is 0.500. The Hall–Kier alpha value is -2.35. The van der Waals surface area contributed by atoms with Crippen LogP contribution in [0.2, 0.25) is 0 Å². The molecule has 1 fully saturated rings. The van der Waals surface area contributed by atoms with E-state index in [0.717, 1.165) is 6.20 Å². The first-order chi connectivity index (χ1) is 11.4. The highest BCUT2D eigenvalue weighted by atomic mass is 19.1. The van der Waals surface area contributed by atoms with E-state index in [0.29, 0.717) is 25.1 Å². The molecule has 0 radical (unpaired) electrons. The van der Waals surface area contributed by atoms with Gasteiger partial charge in [0, 0.05) is 18.8 Å². The molecule has 0 aromatic carbocycles. The Kier molecular flexibility index (Phi) is 4.31. The first kappa shape index (κ1) is 16.5. The van der Waals surface area contributed by atoms with E-state index >= 15 is 0 Å². The molecule has 8 heteroatoms. The smallest absolute Gasteiger partial charge is 0.257 e. The third-order valence-corrected chi connectivity index (χ3v) is 4.28. The zero-order valence-electron chi connectivity index (χ0n) is 13.7. The van der Waals surface area contributed by atoms with Crippen LogP contribution in [-0.2, 0) is 5.60 Å². The molecule has 128 valence electrons. The predicted molar refractivity (Wildman–Crippen MR) is 83.6 cm³/mol. The molecule has 3 heterocycles. The van der Waals surface area contributed by atoms with Crippen molar-refractivity contribution in [3.63, 3.8) is 0 Å². The van der Waals surface area contributed by atoms with Gasteiger partial charge in [0.2, 0.25) is 0 Å². The summed E-state index contributed by atoms with van der Waals surface area (Å²) in [4.78, 5) is 17.7. The molecule has 1 amide bonds. The molecule has 2 aromatic rings. The number of carbonyl (C=O) groups is 1. The van der Waals surface area contributed by atoms with Crippen molar-refractivity contribution in [3.05, 3.63) is 41.7 Å². The number of likely N-dealkylation sites (tertiary alicyclic amines) is 1. The van der Waals surface area contributed by atoms with E-state index in [1.165, 1.54) is 17.2 Å². The van der Waals surface area contributed by atoms with E-state index in [9.17, 15) is 14.3 Å². The van der Waals surface area contributed by atoms with E-state index in [4.69, 9.17) is 0 Å². The number of hydrogen-bond acceptors (Lipinski definition) is 5. The molecule has 1 aliphatic heterocycles. The van der Waals surface area contributed by atoms with Crippen molar-refractivity contribution >= 4 is 5.91 Å². The van der Waals surface area contributed by atoms with Gasteiger partial charge in [0.25, 0.3) is 5.91 Å². The van der Waals surface area contributed by atoms with Gasteiger partial charge in [0.15, 0.2) is 5.82 Å². The predicted octanol–water partition coefficient (Wildman–Crippen LogP) is 1.52. The van der Waals surface area contributed by atoms with Gasteiger partial charge in [-0.1, -0.05) is 5.21 Å². The van der Waals surface area contributed by atoms with E-state index in [2.05, 4.69) is 15.3 Å². The van der Waals surface area contributed by atoms with Gasteiger partial charge in [-0.15, -0.1) is 5.10 Å². The number of hydrogen-bond donors (Lipinski definition) is 1. The van der Waals surface area contributed by atoms with Crippen molar-refractivity contribution in [2.24, 2.45) is 0 Å². The topological polar surface area (TPSA) is 84.1 Å². The summed E-state index contributed by atoms with van der Waals surface area (Å²) in [5.74, 6) is -1.12. The third-order valence-electron chi connectivity index (χ3n) is 4.28. The lowest BCUT2D eigenvalue weighted by molar-refractivity contribution is -0.0322. The second-order valence-corrected chi connectivity index (χ2v) is 6.39. The fourth-order valence-corrected chi connectivity index (χ4v) is 2.88. The van der Waals surface area contributed by atoms with Crippen molar-refractivity contribution in [1.29, 1.82) is 0 Å². The van der Waals surface area contributed by atoms with Gasteiger partial charge in [-0.25, -0.2) is 9.07 Å². The monoisotopic (exact) mass is 333 g/mol. The molecule has 1 atom stereocenters. The number of amides is 1. The van der Waals surface area contributed by atoms with E-state index in [1.54, 1.807) is 10.9 Å². The lowest BCUT2D eigenvalue weighted by Crippen LogP contribution is -2.49. The third kappa shape index (κ3) is 3.01. The van der Waals surface area contributed by atoms with Crippen molar-refractivity contribution in [3.8, 4) is 0 Å². The summed E-state index contributed by atoms with van der Waals surface area (Å²) in [5, 5.41) is 19.0. The first-order valence-electron chi connectivity index (χ1n) is 7.94. The van der Waals surface area contributed by atoms with Gasteiger partial charge in [0.05, 0.1) is 24.5 Å². The maximum absolute atomic E-state index is 13.8. The van der Waals surface area contributed by atoms with Crippen molar-refractivity contribution in [2.45, 2.75) is 38.3 Å². The van der Waals surface area contributed by atoms with E-state index in [1.807, 2.05) is 13.8 Å². The molecule has 1 aliphatic rings. The maximum Gasteiger partial charge on any atom is 0.257 e. The van der Waals surface area contributed by atoms with Crippen LogP contribution in [0.15, 0.2) is 24.7 Å². The summed E-state index contributed by atoms with van der Waals surface area (Å²) >= 11 is 0. The van der Waals surface area contributed by atoms with Crippen LogP contribution < -0.4 is 0 Å². The second kappa shape index (κ2) is 6.27. The minimum atomic E-state index is -1.27. The van der Waals surface area contributed by atoms with Crippen molar-refractivity contribution < 1.29 is 14.3 Å². The molecule has 24 heavy (non-hydrogen) atoms. The minimum Gasteiger partial charge on any atom is -0.382 e. The van der Waals surface area contributed by atoms with Gasteiger partial charge < -0.3 is 10.0 Å². The number of halogens is 1. The standard InChI is InChI=1S/C16H20FN5O2/c1-11(2)22-9-14(19-20-22)16(24)5-3-7-21(10-16)15(23)12-4-6-18-8-13(12)17/h4,6,8-9,11,24H,3,5,7,10H2,1-2H3/t16-/m1/s1. The Balaban J connectivity index is 1.83. The van der Waals surface area contributed by atoms with Gasteiger partial charge in [-0.2, -0.15) is 0 Å². The van der Waals surface area contributed by atoms with Crippen molar-refractivity contribution in [1.82, 2.24) is 24.9 Å². The van der Waals surface area contributed by atoms with Crippen LogP contribution in [-0.4, -0.2) is 49.0 Å². The lowest BCUT2D eigenvalue weighted by atomic mass is 9.89. The highest BCUT2D eigenvalue weighted by Crippen LogP contribution is 2.31. The zero-order valence-corrected chi connectivity index (χ0v) is 13.7. The van der Waals surface area contributed by atoms with Gasteiger partial charge >= 0.3 is 0 Å². The Morgan fingerprint density at radius 1 is 1.46 bits per heavy atom. The van der Waals surface area contributed by atoms with Crippen LogP contribution >= 0.6 is 0 Å². The molecule has 1 N–H and O–H groups in total. The zero-order chi connectivity index (χ0) is 17.3. The number of aromatic nitrogens is 4. The number of rotatable bonds is 3. The van der Waals surface area contributed by atoms with Gasteiger partial charge in [0.1, 0.15) is 11.3 Å². The highest BCUT2D eigenvalue weighted by molar-refractivity contribution is 5.94. The molecule has 3 rings (SSSR count). The van der Waals surface area contributed by atoms with Crippen LogP contribution in [0, 0.1) is 5.82 Å². The molecular weight excluding hydrogens is 313 g/mol. The van der Waals surface area contributed by atoms with Crippen LogP contribution in [0.3, 0.4) is 0 Å². The van der Waals surface area contributed by atoms with Gasteiger partial charge in [-0.3, -0.25) is 9.78 Å². The molecular formula is C16H20FN5O2. The Bertz CT molecular complexity index is 748. The fourth-order valence-electron chi connectivity index (χ4n) is 2.88. The summed E-state index contributed by atoms with van der Waals surface area (Å²) in [5.41, 5.74) is -0.881. The average Bonchev–Trinajstić information content (AvgIpc) is 3.06. The largest absolute Gasteiger partial charge is 0.382 e. The van der Waals surface area contributed by atoms with E-state index < -0.39 is 17.3 Å². The number of carbonyl (C=O) groups excluding carboxylic acids is 1. The van der Waals surface area contributed by atoms with Gasteiger partial charge in [-0.05, 0) is 32.8 Å². The second-order valence-electron chi connectivity index (χ2n) is 6.39. The molecule has 1 saturated heterocycles. The van der Waals surface area contributed by atoms with Crippen LogP contribution in [0.4, 0.5) is 4.39 Å². The summed E-state index contributed by atoms with van der Waals surface area (Å²) in [6.07, 6.45) is 5.17. The minimum absolute atomic E-state index is 0.0416. The van der Waals surface area contributed by atoms with Crippen LogP contribution in [0.25, 0.3) is 0 Å². The Morgan fingerprint density at radius 3 is 2.92 bits per heavy atom. The summed E-state index contributed by atoms with van der Waals surface area (Å²) < 4.78 is 15.5. The van der Waals surface area contributed by atoms with Crippen LogP contribution in [0.5, 0.6) is 0 Å². The SMILES string of the molecule is CC(C)n1cc([C@@]2(O)CCCN(C(=O)c3ccncc3F)C2)nn1. The summed E-state index contributed by atoms with van der Waals surface area (Å²) in [6, 6.07) is 1.47. The number of pyridine rings is 1. The van der Waals surface area contributed by atoms with Crippen molar-refractivity contribution in [2.75, 3.05) is 13.1 Å². The number of aliphatic hydroxyl groups is 1.